The van der Waals surface area contributed by atoms with Crippen LogP contribution < -0.4 is 5.73 Å². The molecule has 0 aromatic carbocycles. The van der Waals surface area contributed by atoms with Gasteiger partial charge < -0.3 is 73.8 Å². The second-order valence-corrected chi connectivity index (χ2v) is 22.2. The third kappa shape index (κ3) is 22.4. The van der Waals surface area contributed by atoms with Crippen molar-refractivity contribution in [2.75, 3.05) is 74.1 Å². The maximum atomic E-state index is 14.6. The molecular weight excluding hydrogens is 1020 g/mol. The molecule has 19 heteroatoms. The van der Waals surface area contributed by atoms with Gasteiger partial charge in [-0.05, 0) is 101 Å². The normalized spacial score (nSPS) is 26.6. The Balaban J connectivity index is 1.84. The highest BCUT2D eigenvalue weighted by atomic mass is 16.6. The minimum Gasteiger partial charge on any atom is -0.459 e. The number of aliphatic hydroxyl groups excluding tert-OH is 3. The van der Waals surface area contributed by atoms with Crippen LogP contribution in [0.25, 0.3) is 0 Å². The van der Waals surface area contributed by atoms with Gasteiger partial charge >= 0.3 is 5.97 Å². The number of terminal acetylenes is 1. The first-order valence-corrected chi connectivity index (χ1v) is 28.5. The van der Waals surface area contributed by atoms with E-state index < -0.39 is 84.0 Å². The minimum atomic E-state index is -2.44. The van der Waals surface area contributed by atoms with E-state index in [2.05, 4.69) is 31.5 Å². The number of nitrogens with two attached hydrogens (primary N) is 1. The largest absolute Gasteiger partial charge is 0.459 e. The number of ketones is 1. The minimum absolute atomic E-state index is 0.0309. The summed E-state index contributed by atoms with van der Waals surface area (Å²) in [5.74, 6) is -4.07. The van der Waals surface area contributed by atoms with Crippen molar-refractivity contribution in [1.82, 2.24) is 4.90 Å². The molecule has 0 spiro atoms. The molecule has 0 aromatic heterocycles. The number of carbonyl (C=O) groups excluding carboxylic acids is 3. The second-order valence-electron chi connectivity index (χ2n) is 22.2. The van der Waals surface area contributed by atoms with Gasteiger partial charge in [-0.15, -0.1) is 6.42 Å². The van der Waals surface area contributed by atoms with Gasteiger partial charge in [-0.1, -0.05) is 82.7 Å². The summed E-state index contributed by atoms with van der Waals surface area (Å²) in [4.78, 5) is 50.1. The number of piperidine rings is 1. The third-order valence-electron chi connectivity index (χ3n) is 15.6. The van der Waals surface area contributed by atoms with Crippen molar-refractivity contribution in [3.8, 4) is 12.3 Å². The highest BCUT2D eigenvalue weighted by Gasteiger charge is 2.53. The fourth-order valence-corrected chi connectivity index (χ4v) is 10.9. The van der Waals surface area contributed by atoms with Crippen molar-refractivity contribution in [1.29, 1.82) is 0 Å². The van der Waals surface area contributed by atoms with Gasteiger partial charge in [-0.3, -0.25) is 9.59 Å². The number of likely N-dealkylation sites (tertiary alicyclic amines) is 1. The summed E-state index contributed by atoms with van der Waals surface area (Å²) >= 11 is 0. The van der Waals surface area contributed by atoms with Gasteiger partial charge in [0.05, 0.1) is 69.3 Å². The van der Waals surface area contributed by atoms with Gasteiger partial charge in [0.2, 0.25) is 5.79 Å². The zero-order chi connectivity index (χ0) is 58.7. The van der Waals surface area contributed by atoms with Crippen LogP contribution in [0.15, 0.2) is 53.3 Å². The SMILES string of the molecule is C#CCOCCOCCOCCO/N=C(\[C@H](C)CC(C)C)[C@H](O)[C@H](O)/C(C)=C/[C@@H](C)[C@@H](C[C@H](OC(=O)[C@@H]1CCCCN1C(=O)C(=O)[C@]1(O)O[C@H](C[C@H](OC)/C(C)=C/C=C/C=C)CC[C@H]1C)[C@H](N)C[C@@H]1CC[C@@H](O)[C@H](OC)C1)OC. The average Bonchev–Trinajstić information content (AvgIpc) is 3.46. The maximum absolute atomic E-state index is 14.6. The summed E-state index contributed by atoms with van der Waals surface area (Å²) in [5.41, 5.74) is 8.67. The highest BCUT2D eigenvalue weighted by Crippen LogP contribution is 2.37. The quantitative estimate of drug-likeness (QED) is 0.00728. The number of nitrogens with zero attached hydrogens (tertiary/aromatic N) is 2. The Kier molecular flexibility index (Phi) is 32.1. The van der Waals surface area contributed by atoms with Gasteiger partial charge in [-0.2, -0.15) is 0 Å². The van der Waals surface area contributed by atoms with Crippen LogP contribution in [0.3, 0.4) is 0 Å². The predicted octanol–water partition coefficient (Wildman–Crippen LogP) is 5.79. The number of esters is 1. The number of hydrogen-bond donors (Lipinski definition) is 5. The Hall–Kier alpha value is -3.88. The van der Waals surface area contributed by atoms with Crippen LogP contribution in [0.2, 0.25) is 0 Å². The highest BCUT2D eigenvalue weighted by molar-refractivity contribution is 6.39. The number of hydrogen-bond acceptors (Lipinski definition) is 18. The predicted molar refractivity (Wildman–Crippen MR) is 301 cm³/mol. The Labute approximate surface area is 471 Å². The van der Waals surface area contributed by atoms with Crippen LogP contribution in [0, 0.1) is 41.9 Å². The van der Waals surface area contributed by atoms with Gasteiger partial charge in [0.1, 0.15) is 37.6 Å². The molecule has 6 N–H and O–H groups in total. The van der Waals surface area contributed by atoms with E-state index in [4.69, 9.17) is 54.9 Å². The molecule has 1 saturated carbocycles. The molecule has 3 rings (SSSR count). The molecule has 79 heavy (non-hydrogen) atoms. The second kappa shape index (κ2) is 36.6. The molecule has 0 unspecified atom stereocenters. The lowest BCUT2D eigenvalue weighted by atomic mass is 9.80. The number of aliphatic hydroxyl groups is 4. The summed E-state index contributed by atoms with van der Waals surface area (Å²) in [6.07, 6.45) is 13.3. The van der Waals surface area contributed by atoms with Crippen LogP contribution in [-0.4, -0.2) is 190 Å². The summed E-state index contributed by atoms with van der Waals surface area (Å²) < 4.78 is 46.2. The van der Waals surface area contributed by atoms with Crippen molar-refractivity contribution in [3.05, 3.63) is 48.1 Å². The Morgan fingerprint density at radius 3 is 2.19 bits per heavy atom. The molecule has 1 amide bonds. The fourth-order valence-electron chi connectivity index (χ4n) is 10.9. The Morgan fingerprint density at radius 2 is 1.56 bits per heavy atom. The molecule has 3 aliphatic rings. The average molecular weight is 1120 g/mol. The first kappa shape index (κ1) is 69.4. The number of carbonyl (C=O) groups is 3. The zero-order valence-electron chi connectivity index (χ0n) is 49.1. The molecule has 0 bridgehead atoms. The molecule has 450 valence electrons. The molecule has 15 atom stereocenters. The van der Waals surface area contributed by atoms with E-state index in [0.717, 1.165) is 5.57 Å². The first-order chi connectivity index (χ1) is 37.7. The zero-order valence-corrected chi connectivity index (χ0v) is 49.1. The number of amides is 1. The molecule has 3 fully saturated rings. The number of rotatable bonds is 36. The number of oxime groups is 1. The fraction of sp³-hybridized carbons (Fsp3) is 0.767. The molecule has 0 aromatic rings. The molecule has 2 aliphatic heterocycles. The molecule has 2 heterocycles. The number of ether oxygens (including phenoxy) is 8. The third-order valence-corrected chi connectivity index (χ3v) is 15.6. The smallest absolute Gasteiger partial charge is 0.329 e. The molecule has 1 aliphatic carbocycles. The first-order valence-electron chi connectivity index (χ1n) is 28.5. The topological polar surface area (TPSA) is 257 Å². The van der Waals surface area contributed by atoms with Gasteiger partial charge in [0.15, 0.2) is 0 Å². The van der Waals surface area contributed by atoms with Crippen molar-refractivity contribution in [3.63, 3.8) is 0 Å². The lowest BCUT2D eigenvalue weighted by Gasteiger charge is -2.43. The van der Waals surface area contributed by atoms with E-state index in [-0.39, 0.29) is 74.9 Å². The standard InChI is InChI=1S/C60H99N3O16/c1-13-15-16-19-40(5)50(71-10)37-46-23-21-44(9)60(70,79-46)57(67)58(68)63-25-18-17-20-48(63)59(69)78-52(47(61)35-45-22-24-49(64)53(36-45)73-12)38-51(72-11)41(6)34-43(8)55(65)56(66)54(42(7)33-39(3)4)62-77-32-31-76-30-29-75-28-27-74-26-14-2/h2,13,15-16,19,34,39,41-42,44-53,55-56,64-66,70H,1,17-18,20-33,35-38,61H2,3-12H3/b16-15+,40-19+,43-34+,62-54+/t41-,42-,44-,45+,46+,47-,48+,49-,50+,51-,52+,53-,55-,56+,60-/m1/s1. The van der Waals surface area contributed by atoms with E-state index >= 15 is 0 Å². The number of allylic oxidation sites excluding steroid dienone is 4. The summed E-state index contributed by atoms with van der Waals surface area (Å²) in [6, 6.07) is -1.89. The van der Waals surface area contributed by atoms with Gasteiger partial charge in [-0.25, -0.2) is 4.79 Å². The van der Waals surface area contributed by atoms with E-state index in [1.807, 2.05) is 32.9 Å². The van der Waals surface area contributed by atoms with Gasteiger partial charge in [0.25, 0.3) is 11.7 Å². The van der Waals surface area contributed by atoms with Crippen molar-refractivity contribution < 1.29 is 77.5 Å². The van der Waals surface area contributed by atoms with Gasteiger partial charge in [0, 0.05) is 64.5 Å². The summed E-state index contributed by atoms with van der Waals surface area (Å²) in [6.45, 7) is 19.0. The summed E-state index contributed by atoms with van der Waals surface area (Å²) in [5, 5.41) is 50.3. The lowest BCUT2D eigenvalue weighted by Crippen LogP contribution is -2.61. The molecule has 0 radical (unpaired) electrons. The number of Topliss-reactive ketones (excluding diaryl/α,β-unsaturated/α-hetero) is 1. The van der Waals surface area contributed by atoms with Crippen molar-refractivity contribution >= 4 is 23.4 Å². The van der Waals surface area contributed by atoms with Crippen LogP contribution in [-0.2, 0) is 57.1 Å². The Morgan fingerprint density at radius 1 is 0.873 bits per heavy atom. The van der Waals surface area contributed by atoms with E-state index in [9.17, 15) is 34.8 Å². The summed E-state index contributed by atoms with van der Waals surface area (Å²) in [7, 11) is 4.67. The van der Waals surface area contributed by atoms with Crippen molar-refractivity contribution in [2.45, 2.75) is 192 Å². The molecular formula is C60H99N3O16. The molecule has 19 nitrogen and oxygen atoms in total. The van der Waals surface area contributed by atoms with Crippen LogP contribution in [0.4, 0.5) is 0 Å². The number of methoxy groups -OCH3 is 3. The van der Waals surface area contributed by atoms with Crippen molar-refractivity contribution in [2.24, 2.45) is 40.5 Å². The van der Waals surface area contributed by atoms with E-state index in [0.29, 0.717) is 96.2 Å². The monoisotopic (exact) mass is 1120 g/mol. The van der Waals surface area contributed by atoms with E-state index in [1.165, 1.54) is 12.0 Å². The van der Waals surface area contributed by atoms with E-state index in [1.54, 1.807) is 46.3 Å². The lowest BCUT2D eigenvalue weighted by molar-refractivity contribution is -0.265. The Bertz CT molecular complexity index is 2010. The molecule has 2 saturated heterocycles. The van der Waals surface area contributed by atoms with Crippen LogP contribution in [0.1, 0.15) is 126 Å². The van der Waals surface area contributed by atoms with Crippen LogP contribution in [0.5, 0.6) is 0 Å². The maximum Gasteiger partial charge on any atom is 0.329 e. The van der Waals surface area contributed by atoms with Crippen LogP contribution >= 0.6 is 0 Å².